The molecule has 4 rings (SSSR count). The molecule has 0 amide bonds. The van der Waals surface area contributed by atoms with Crippen molar-refractivity contribution in [1.82, 2.24) is 0 Å². The summed E-state index contributed by atoms with van der Waals surface area (Å²) in [6.07, 6.45) is 9.52. The van der Waals surface area contributed by atoms with Crippen molar-refractivity contribution >= 4 is 50.7 Å². The van der Waals surface area contributed by atoms with Crippen molar-refractivity contribution in [2.45, 2.75) is 57.9 Å². The van der Waals surface area contributed by atoms with Gasteiger partial charge in [0.2, 0.25) is 0 Å². The van der Waals surface area contributed by atoms with E-state index in [0.29, 0.717) is 11.3 Å². The van der Waals surface area contributed by atoms with Crippen molar-refractivity contribution in [2.24, 2.45) is 5.10 Å². The molecule has 8 heteroatoms. The van der Waals surface area contributed by atoms with Gasteiger partial charge in [-0.3, -0.25) is 5.01 Å². The van der Waals surface area contributed by atoms with Gasteiger partial charge in [0.15, 0.2) is 0 Å². The van der Waals surface area contributed by atoms with E-state index in [1.54, 1.807) is 6.07 Å². The minimum absolute atomic E-state index is 0.00331. The van der Waals surface area contributed by atoms with Crippen LogP contribution in [-0.2, 0) is 4.79 Å². The number of benzene rings is 2. The number of unbranched alkanes of at least 4 members (excludes halogenated alkanes) is 5. The van der Waals surface area contributed by atoms with Gasteiger partial charge in [0.1, 0.15) is 17.4 Å². The summed E-state index contributed by atoms with van der Waals surface area (Å²) in [4.78, 5) is 12.9. The van der Waals surface area contributed by atoms with Gasteiger partial charge >= 0.3 is 5.97 Å². The molecule has 0 radical (unpaired) electrons. The van der Waals surface area contributed by atoms with Crippen molar-refractivity contribution < 1.29 is 14.6 Å². The highest BCUT2D eigenvalue weighted by atomic mass is 79.9. The maximum atomic E-state index is 11.2. The van der Waals surface area contributed by atoms with Gasteiger partial charge in [0.25, 0.3) is 0 Å². The molecular formula is C31H32BrN3O3S. The van der Waals surface area contributed by atoms with Crippen LogP contribution in [0.25, 0.3) is 6.08 Å². The third kappa shape index (κ3) is 7.81. The van der Waals surface area contributed by atoms with E-state index in [0.717, 1.165) is 45.1 Å². The molecule has 39 heavy (non-hydrogen) atoms. The Morgan fingerprint density at radius 2 is 1.82 bits per heavy atom. The van der Waals surface area contributed by atoms with E-state index in [9.17, 15) is 9.90 Å². The summed E-state index contributed by atoms with van der Waals surface area (Å²) in [5.41, 5.74) is 2.75. The molecule has 1 N–H and O–H groups in total. The van der Waals surface area contributed by atoms with Crippen molar-refractivity contribution in [3.05, 3.63) is 86.0 Å². The maximum Gasteiger partial charge on any atom is 0.346 e. The number of hydrogen-bond donors (Lipinski definition) is 1. The van der Waals surface area contributed by atoms with E-state index < -0.39 is 5.97 Å². The van der Waals surface area contributed by atoms with Crippen LogP contribution in [0.2, 0.25) is 0 Å². The van der Waals surface area contributed by atoms with E-state index in [4.69, 9.17) is 15.1 Å². The van der Waals surface area contributed by atoms with Gasteiger partial charge in [-0.1, -0.05) is 67.1 Å². The fourth-order valence-corrected chi connectivity index (χ4v) is 5.69. The van der Waals surface area contributed by atoms with Crippen LogP contribution in [0.15, 0.2) is 75.8 Å². The summed E-state index contributed by atoms with van der Waals surface area (Å²) >= 11 is 4.95. The standard InChI is InChI=1S/C31H32BrN3O3S/c1-2-3-4-5-6-7-18-38-26-14-8-22(9-15-26)29-20-28(34-35(29)25-12-10-24(32)11-13-25)30-17-16-27(39-30)19-23(21-33)31(36)37/h8-17,19,29H,2-7,18,20H2,1H3,(H,36,37)/b23-19+. The van der Waals surface area contributed by atoms with Crippen LogP contribution in [0.3, 0.4) is 0 Å². The number of ether oxygens (including phenoxy) is 1. The maximum absolute atomic E-state index is 11.2. The molecule has 6 nitrogen and oxygen atoms in total. The third-order valence-electron chi connectivity index (χ3n) is 6.58. The SMILES string of the molecule is CCCCCCCCOc1ccc(C2CC(c3ccc(/C=C(\C#N)C(=O)O)s3)=NN2c2ccc(Br)cc2)cc1. The average Bonchev–Trinajstić information content (AvgIpc) is 3.59. The number of carbonyl (C=O) groups is 1. The first-order valence-electron chi connectivity index (χ1n) is 13.3. The zero-order chi connectivity index (χ0) is 27.6. The third-order valence-corrected chi connectivity index (χ3v) is 8.19. The molecule has 0 saturated carbocycles. The molecule has 1 unspecified atom stereocenters. The molecule has 0 saturated heterocycles. The predicted molar refractivity (Wildman–Crippen MR) is 161 cm³/mol. The molecule has 0 fully saturated rings. The normalized spacial score (nSPS) is 15.2. The Hall–Kier alpha value is -3.41. The molecule has 3 aromatic rings. The average molecular weight is 607 g/mol. The van der Waals surface area contributed by atoms with Crippen LogP contribution in [0.1, 0.15) is 73.2 Å². The van der Waals surface area contributed by atoms with Crippen LogP contribution in [0.5, 0.6) is 5.75 Å². The molecule has 2 aromatic carbocycles. The molecule has 0 aliphatic carbocycles. The monoisotopic (exact) mass is 605 g/mol. The summed E-state index contributed by atoms with van der Waals surface area (Å²) in [7, 11) is 0. The van der Waals surface area contributed by atoms with Crippen LogP contribution >= 0.6 is 27.3 Å². The zero-order valence-electron chi connectivity index (χ0n) is 22.0. The van der Waals surface area contributed by atoms with Gasteiger partial charge in [-0.15, -0.1) is 11.3 Å². The summed E-state index contributed by atoms with van der Waals surface area (Å²) in [5.74, 6) is -0.352. The number of nitrogens with zero attached hydrogens (tertiary/aromatic N) is 3. The zero-order valence-corrected chi connectivity index (χ0v) is 24.4. The fraction of sp³-hybridized carbons (Fsp3) is 0.323. The van der Waals surface area contributed by atoms with Crippen molar-refractivity contribution in [3.63, 3.8) is 0 Å². The van der Waals surface area contributed by atoms with Gasteiger partial charge in [-0.2, -0.15) is 10.4 Å². The molecule has 2 heterocycles. The van der Waals surface area contributed by atoms with E-state index in [1.807, 2.05) is 53.5 Å². The number of thiophene rings is 1. The number of hydrazone groups is 1. The Kier molecular flexibility index (Phi) is 10.3. The molecule has 0 bridgehead atoms. The Balaban J connectivity index is 1.49. The first kappa shape index (κ1) is 28.6. The minimum Gasteiger partial charge on any atom is -0.494 e. The molecule has 202 valence electrons. The van der Waals surface area contributed by atoms with Gasteiger partial charge in [-0.25, -0.2) is 4.79 Å². The first-order valence-corrected chi connectivity index (χ1v) is 14.9. The number of hydrogen-bond acceptors (Lipinski definition) is 6. The lowest BCUT2D eigenvalue weighted by atomic mass is 10.0. The van der Waals surface area contributed by atoms with E-state index in [1.165, 1.54) is 49.5 Å². The predicted octanol–water partition coefficient (Wildman–Crippen LogP) is 8.60. The molecule has 1 aliphatic heterocycles. The Labute approximate surface area is 242 Å². The highest BCUT2D eigenvalue weighted by molar-refractivity contribution is 9.10. The lowest BCUT2D eigenvalue weighted by Gasteiger charge is -2.24. The van der Waals surface area contributed by atoms with E-state index in [2.05, 4.69) is 35.0 Å². The summed E-state index contributed by atoms with van der Waals surface area (Å²) in [5, 5.41) is 25.3. The van der Waals surface area contributed by atoms with Crippen LogP contribution in [0.4, 0.5) is 5.69 Å². The topological polar surface area (TPSA) is 85.9 Å². The fourth-order valence-electron chi connectivity index (χ4n) is 4.48. The number of carboxylic acid groups (broad SMARTS) is 1. The van der Waals surface area contributed by atoms with Crippen molar-refractivity contribution in [3.8, 4) is 11.8 Å². The quantitative estimate of drug-likeness (QED) is 0.120. The Morgan fingerprint density at radius 3 is 2.51 bits per heavy atom. The highest BCUT2D eigenvalue weighted by Gasteiger charge is 2.30. The van der Waals surface area contributed by atoms with Gasteiger partial charge in [0.05, 0.1) is 28.9 Å². The number of rotatable bonds is 13. The Morgan fingerprint density at radius 1 is 1.10 bits per heavy atom. The minimum atomic E-state index is -1.23. The van der Waals surface area contributed by atoms with Crippen LogP contribution in [-0.4, -0.2) is 23.4 Å². The largest absolute Gasteiger partial charge is 0.494 e. The lowest BCUT2D eigenvalue weighted by Crippen LogP contribution is -2.18. The number of carboxylic acids is 1. The summed E-state index contributed by atoms with van der Waals surface area (Å²) in [6.45, 7) is 2.97. The summed E-state index contributed by atoms with van der Waals surface area (Å²) < 4.78 is 6.99. The number of nitriles is 1. The Bertz CT molecular complexity index is 1360. The van der Waals surface area contributed by atoms with Gasteiger partial charge in [-0.05, 0) is 66.6 Å². The number of halogens is 1. The summed E-state index contributed by atoms with van der Waals surface area (Å²) in [6, 6.07) is 21.9. The highest BCUT2D eigenvalue weighted by Crippen LogP contribution is 2.38. The number of aliphatic carboxylic acids is 1. The molecular weight excluding hydrogens is 574 g/mol. The second-order valence-electron chi connectivity index (χ2n) is 9.45. The van der Waals surface area contributed by atoms with Crippen LogP contribution in [0, 0.1) is 11.3 Å². The van der Waals surface area contributed by atoms with Gasteiger partial charge in [0, 0.05) is 15.8 Å². The van der Waals surface area contributed by atoms with Crippen LogP contribution < -0.4 is 9.75 Å². The molecule has 1 aliphatic rings. The smallest absolute Gasteiger partial charge is 0.346 e. The second-order valence-corrected chi connectivity index (χ2v) is 11.5. The van der Waals surface area contributed by atoms with Crippen molar-refractivity contribution in [1.29, 1.82) is 5.26 Å². The van der Waals surface area contributed by atoms with Crippen molar-refractivity contribution in [2.75, 3.05) is 11.6 Å². The van der Waals surface area contributed by atoms with E-state index >= 15 is 0 Å². The second kappa shape index (κ2) is 14.1. The van der Waals surface area contributed by atoms with Gasteiger partial charge < -0.3 is 9.84 Å². The molecule has 0 spiro atoms. The number of anilines is 1. The lowest BCUT2D eigenvalue weighted by molar-refractivity contribution is -0.132. The molecule has 1 atom stereocenters. The first-order chi connectivity index (χ1) is 19.0. The van der Waals surface area contributed by atoms with E-state index in [-0.39, 0.29) is 11.6 Å². The molecule has 1 aromatic heterocycles.